The summed E-state index contributed by atoms with van der Waals surface area (Å²) in [6.07, 6.45) is -0.120. The summed E-state index contributed by atoms with van der Waals surface area (Å²) in [6, 6.07) is 9.74. The smallest absolute Gasteiger partial charge is 0.220 e. The first-order valence-electron chi connectivity index (χ1n) is 4.70. The molecule has 4 N–H and O–H groups in total. The highest BCUT2D eigenvalue weighted by molar-refractivity contribution is 6.04. The van der Waals surface area contributed by atoms with E-state index in [1.54, 1.807) is 0 Å². The molecule has 15 heavy (non-hydrogen) atoms. The molecule has 0 amide bonds. The molecule has 0 saturated carbocycles. The van der Waals surface area contributed by atoms with E-state index in [1.807, 2.05) is 42.2 Å². The van der Waals surface area contributed by atoms with Crippen LogP contribution in [0.3, 0.4) is 0 Å². The van der Waals surface area contributed by atoms with Crippen LogP contribution < -0.4 is 16.4 Å². The minimum Gasteiger partial charge on any atom is -0.369 e. The van der Waals surface area contributed by atoms with Crippen molar-refractivity contribution < 1.29 is 0 Å². The van der Waals surface area contributed by atoms with E-state index in [9.17, 15) is 0 Å². The summed E-state index contributed by atoms with van der Waals surface area (Å²) in [4.78, 5) is 9.91. The van der Waals surface area contributed by atoms with Crippen molar-refractivity contribution in [2.75, 3.05) is 4.90 Å². The predicted octanol–water partition coefficient (Wildman–Crippen LogP) is 0.482. The minimum absolute atomic E-state index is 0.120. The summed E-state index contributed by atoms with van der Waals surface area (Å²) in [5.41, 5.74) is 12.3. The van der Waals surface area contributed by atoms with Crippen LogP contribution in [-0.2, 0) is 0 Å². The van der Waals surface area contributed by atoms with Gasteiger partial charge >= 0.3 is 0 Å². The Bertz CT molecular complexity index is 409. The van der Waals surface area contributed by atoms with Crippen LogP contribution in [0.4, 0.5) is 5.69 Å². The summed E-state index contributed by atoms with van der Waals surface area (Å²) in [7, 11) is 0. The molecule has 1 heterocycles. The van der Waals surface area contributed by atoms with Gasteiger partial charge in [0.25, 0.3) is 0 Å². The zero-order chi connectivity index (χ0) is 10.8. The van der Waals surface area contributed by atoms with Gasteiger partial charge in [-0.05, 0) is 19.1 Å². The van der Waals surface area contributed by atoms with Gasteiger partial charge in [0.15, 0.2) is 0 Å². The van der Waals surface area contributed by atoms with Gasteiger partial charge in [0, 0.05) is 5.69 Å². The van der Waals surface area contributed by atoms with Gasteiger partial charge in [0.2, 0.25) is 11.9 Å². The van der Waals surface area contributed by atoms with Crippen LogP contribution in [0.15, 0.2) is 40.3 Å². The molecule has 0 aliphatic carbocycles. The molecule has 1 aromatic carbocycles. The third-order valence-electron chi connectivity index (χ3n) is 2.20. The molecule has 1 unspecified atom stereocenters. The lowest BCUT2D eigenvalue weighted by molar-refractivity contribution is 0.752. The molecule has 0 fully saturated rings. The fourth-order valence-corrected chi connectivity index (χ4v) is 1.58. The Morgan fingerprint density at radius 3 is 2.47 bits per heavy atom. The van der Waals surface area contributed by atoms with Crippen LogP contribution in [-0.4, -0.2) is 18.1 Å². The quantitative estimate of drug-likeness (QED) is 0.696. The van der Waals surface area contributed by atoms with Gasteiger partial charge in [0.1, 0.15) is 6.17 Å². The molecule has 78 valence electrons. The standard InChI is InChI=1S/C10H13N5/c1-7-13-9(11)14-10(12)15(7)8-5-3-2-4-6-8/h2-7H,1H3,(H4,11,12,13,14). The van der Waals surface area contributed by atoms with Gasteiger partial charge in [-0.2, -0.15) is 4.99 Å². The number of nitrogens with zero attached hydrogens (tertiary/aromatic N) is 3. The topological polar surface area (TPSA) is 80.0 Å². The van der Waals surface area contributed by atoms with Crippen LogP contribution in [0.2, 0.25) is 0 Å². The zero-order valence-electron chi connectivity index (χ0n) is 8.46. The highest BCUT2D eigenvalue weighted by Gasteiger charge is 2.21. The number of hydrogen-bond donors (Lipinski definition) is 2. The SMILES string of the molecule is CC1N=C(N)N=C(N)N1c1ccccc1. The van der Waals surface area contributed by atoms with Crippen molar-refractivity contribution in [3.63, 3.8) is 0 Å². The van der Waals surface area contributed by atoms with Gasteiger partial charge in [-0.1, -0.05) is 18.2 Å². The molecule has 0 saturated heterocycles. The Hall–Kier alpha value is -2.04. The minimum atomic E-state index is -0.120. The Labute approximate surface area is 88.1 Å². The highest BCUT2D eigenvalue weighted by atomic mass is 15.4. The molecule has 0 aromatic heterocycles. The van der Waals surface area contributed by atoms with E-state index in [-0.39, 0.29) is 12.1 Å². The number of nitrogens with two attached hydrogens (primary N) is 2. The fourth-order valence-electron chi connectivity index (χ4n) is 1.58. The van der Waals surface area contributed by atoms with Gasteiger partial charge in [-0.15, -0.1) is 0 Å². The molecule has 2 rings (SSSR count). The third-order valence-corrected chi connectivity index (χ3v) is 2.20. The molecular formula is C10H13N5. The molecule has 0 radical (unpaired) electrons. The number of aliphatic imine (C=N–C) groups is 2. The average molecular weight is 203 g/mol. The second kappa shape index (κ2) is 3.61. The normalized spacial score (nSPS) is 20.9. The first kappa shape index (κ1) is 9.51. The zero-order valence-corrected chi connectivity index (χ0v) is 8.46. The van der Waals surface area contributed by atoms with Crippen molar-refractivity contribution >= 4 is 17.6 Å². The van der Waals surface area contributed by atoms with E-state index in [2.05, 4.69) is 9.98 Å². The Balaban J connectivity index is 2.36. The van der Waals surface area contributed by atoms with Crippen molar-refractivity contribution in [2.24, 2.45) is 21.5 Å². The Morgan fingerprint density at radius 1 is 1.20 bits per heavy atom. The summed E-state index contributed by atoms with van der Waals surface area (Å²) < 4.78 is 0. The van der Waals surface area contributed by atoms with Crippen LogP contribution in [0, 0.1) is 0 Å². The van der Waals surface area contributed by atoms with E-state index in [1.165, 1.54) is 0 Å². The molecule has 1 aliphatic rings. The lowest BCUT2D eigenvalue weighted by Crippen LogP contribution is -2.47. The van der Waals surface area contributed by atoms with Crippen molar-refractivity contribution in [2.45, 2.75) is 13.1 Å². The van der Waals surface area contributed by atoms with Crippen LogP contribution >= 0.6 is 0 Å². The first-order valence-corrected chi connectivity index (χ1v) is 4.70. The second-order valence-electron chi connectivity index (χ2n) is 3.29. The van der Waals surface area contributed by atoms with Crippen LogP contribution in [0.25, 0.3) is 0 Å². The number of anilines is 1. The summed E-state index contributed by atoms with van der Waals surface area (Å²) in [6.45, 7) is 1.92. The lowest BCUT2D eigenvalue weighted by atomic mass is 10.3. The van der Waals surface area contributed by atoms with Gasteiger partial charge in [0.05, 0.1) is 0 Å². The van der Waals surface area contributed by atoms with Crippen LogP contribution in [0.5, 0.6) is 0 Å². The average Bonchev–Trinajstić information content (AvgIpc) is 2.17. The monoisotopic (exact) mass is 203 g/mol. The number of guanidine groups is 2. The van der Waals surface area contributed by atoms with Gasteiger partial charge in [-0.3, -0.25) is 4.90 Å². The van der Waals surface area contributed by atoms with E-state index >= 15 is 0 Å². The van der Waals surface area contributed by atoms with E-state index < -0.39 is 0 Å². The number of benzene rings is 1. The Kier molecular flexibility index (Phi) is 2.29. The largest absolute Gasteiger partial charge is 0.369 e. The lowest BCUT2D eigenvalue weighted by Gasteiger charge is -2.30. The van der Waals surface area contributed by atoms with Gasteiger partial charge in [-0.25, -0.2) is 4.99 Å². The summed E-state index contributed by atoms with van der Waals surface area (Å²) >= 11 is 0. The van der Waals surface area contributed by atoms with E-state index in [0.29, 0.717) is 5.96 Å². The molecule has 1 aliphatic heterocycles. The van der Waals surface area contributed by atoms with E-state index in [4.69, 9.17) is 11.5 Å². The van der Waals surface area contributed by atoms with E-state index in [0.717, 1.165) is 5.69 Å². The van der Waals surface area contributed by atoms with Gasteiger partial charge < -0.3 is 11.5 Å². The molecule has 5 heteroatoms. The predicted molar refractivity (Wildman–Crippen MR) is 61.6 cm³/mol. The van der Waals surface area contributed by atoms with Crippen molar-refractivity contribution in [1.82, 2.24) is 0 Å². The van der Waals surface area contributed by atoms with Crippen molar-refractivity contribution in [1.29, 1.82) is 0 Å². The molecule has 1 aromatic rings. The molecule has 0 spiro atoms. The Morgan fingerprint density at radius 2 is 1.87 bits per heavy atom. The highest BCUT2D eigenvalue weighted by Crippen LogP contribution is 2.18. The summed E-state index contributed by atoms with van der Waals surface area (Å²) in [5, 5.41) is 0. The number of para-hydroxylation sites is 1. The maximum atomic E-state index is 5.81. The fraction of sp³-hybridized carbons (Fsp3) is 0.200. The maximum Gasteiger partial charge on any atom is 0.220 e. The third kappa shape index (κ3) is 1.76. The molecule has 0 bridgehead atoms. The maximum absolute atomic E-state index is 5.81. The summed E-state index contributed by atoms with van der Waals surface area (Å²) in [5.74, 6) is 0.605. The molecular weight excluding hydrogens is 190 g/mol. The van der Waals surface area contributed by atoms with Crippen LogP contribution in [0.1, 0.15) is 6.92 Å². The number of rotatable bonds is 1. The first-order chi connectivity index (χ1) is 7.18. The number of hydrogen-bond acceptors (Lipinski definition) is 5. The van der Waals surface area contributed by atoms with Crippen molar-refractivity contribution in [3.05, 3.63) is 30.3 Å². The second-order valence-corrected chi connectivity index (χ2v) is 3.29. The molecule has 1 atom stereocenters. The van der Waals surface area contributed by atoms with Crippen molar-refractivity contribution in [3.8, 4) is 0 Å². The molecule has 5 nitrogen and oxygen atoms in total.